The van der Waals surface area contributed by atoms with Crippen molar-refractivity contribution in [3.8, 4) is 11.6 Å². The molecule has 3 N–H and O–H groups in total. The van der Waals surface area contributed by atoms with E-state index in [1.54, 1.807) is 24.3 Å². The second kappa shape index (κ2) is 14.6. The maximum atomic E-state index is 14.9. The number of hydrogen-bond donors (Lipinski definition) is 3. The number of anilines is 1. The maximum absolute atomic E-state index is 14.9. The summed E-state index contributed by atoms with van der Waals surface area (Å²) in [5.41, 5.74) is 0.286. The first kappa shape index (κ1) is 36.5. The summed E-state index contributed by atoms with van der Waals surface area (Å²) >= 11 is 1.46. The number of aryl methyl sites for hydroxylation is 1. The normalized spacial score (nSPS) is 27.4. The van der Waals surface area contributed by atoms with E-state index in [1.807, 2.05) is 29.7 Å². The lowest BCUT2D eigenvalue weighted by molar-refractivity contribution is -0.141. The average molecular weight is 775 g/mol. The molecule has 0 radical (unpaired) electrons. The molecule has 4 heterocycles. The van der Waals surface area contributed by atoms with Gasteiger partial charge in [0, 0.05) is 34.9 Å². The third-order valence-corrected chi connectivity index (χ3v) is 14.2. The van der Waals surface area contributed by atoms with Gasteiger partial charge in [-0.1, -0.05) is 37.5 Å². The van der Waals surface area contributed by atoms with Crippen LogP contribution < -0.4 is 24.8 Å². The predicted molar refractivity (Wildman–Crippen MR) is 206 cm³/mol. The van der Waals surface area contributed by atoms with Gasteiger partial charge in [-0.25, -0.2) is 18.4 Å². The third kappa shape index (κ3) is 7.19. The van der Waals surface area contributed by atoms with Crippen LogP contribution in [0.15, 0.2) is 48.5 Å². The molecule has 13 nitrogen and oxygen atoms in total. The largest absolute Gasteiger partial charge is 0.496 e. The number of sulfonamides is 1. The molecule has 4 fully saturated rings. The van der Waals surface area contributed by atoms with Crippen LogP contribution in [0.5, 0.6) is 11.6 Å². The Labute approximate surface area is 319 Å². The zero-order valence-corrected chi connectivity index (χ0v) is 31.9. The number of amides is 3. The summed E-state index contributed by atoms with van der Waals surface area (Å²) in [6.45, 7) is 3.93. The molecular formula is C39H46N6O7S2. The summed E-state index contributed by atoms with van der Waals surface area (Å²) in [4.78, 5) is 54.0. The fourth-order valence-electron chi connectivity index (χ4n) is 8.23. The van der Waals surface area contributed by atoms with E-state index in [9.17, 15) is 22.8 Å². The molecule has 54 heavy (non-hydrogen) atoms. The van der Waals surface area contributed by atoms with Crippen LogP contribution in [0.25, 0.3) is 16.8 Å². The number of rotatable bonds is 8. The van der Waals surface area contributed by atoms with Crippen molar-refractivity contribution in [1.82, 2.24) is 24.9 Å². The first-order chi connectivity index (χ1) is 26.1. The lowest BCUT2D eigenvalue weighted by Gasteiger charge is -2.34. The molecular weight excluding hydrogens is 729 g/mol. The van der Waals surface area contributed by atoms with Crippen LogP contribution in [0, 0.1) is 11.8 Å². The number of pyridine rings is 1. The third-order valence-electron chi connectivity index (χ3n) is 11.5. The number of carbonyl (C=O) groups is 3. The number of nitrogens with zero attached hydrogens (tertiary/aromatic N) is 3. The number of fused-ring (bicyclic) bond motifs is 5. The number of nitrogens with one attached hydrogen (secondary N) is 3. The number of ether oxygens (including phenoxy) is 2. The summed E-state index contributed by atoms with van der Waals surface area (Å²) in [6, 6.07) is 4.15. The molecule has 1 saturated heterocycles. The van der Waals surface area contributed by atoms with Crippen molar-refractivity contribution in [3.05, 3.63) is 59.8 Å². The molecule has 2 aliphatic heterocycles. The molecule has 3 aliphatic carbocycles. The molecule has 6 bridgehead atoms. The second-order valence-electron chi connectivity index (χ2n) is 15.2. The molecule has 5 aliphatic rings. The molecule has 3 amide bonds. The first-order valence-corrected chi connectivity index (χ1v) is 21.3. The number of carbonyl (C=O) groups excluding carboxylic acids is 3. The molecule has 1 aromatic carbocycles. The average Bonchev–Trinajstić information content (AvgIpc) is 4.06. The van der Waals surface area contributed by atoms with Gasteiger partial charge < -0.3 is 25.0 Å². The van der Waals surface area contributed by atoms with Crippen molar-refractivity contribution in [2.45, 2.75) is 99.6 Å². The number of thiazole rings is 1. The molecule has 3 saturated carbocycles. The highest BCUT2D eigenvalue weighted by Gasteiger charge is 2.62. The number of hydrogen-bond acceptors (Lipinski definition) is 11. The fraction of sp³-hybridized carbons (Fsp3) is 0.513. The van der Waals surface area contributed by atoms with Crippen LogP contribution in [-0.2, 0) is 30.8 Å². The number of aromatic nitrogens is 2. The van der Waals surface area contributed by atoms with Crippen molar-refractivity contribution in [2.24, 2.45) is 11.8 Å². The van der Waals surface area contributed by atoms with Gasteiger partial charge in [-0.2, -0.15) is 0 Å². The van der Waals surface area contributed by atoms with E-state index in [1.165, 1.54) is 11.3 Å². The minimum atomic E-state index is -3.86. The van der Waals surface area contributed by atoms with E-state index in [2.05, 4.69) is 33.0 Å². The Morgan fingerprint density at radius 2 is 2.00 bits per heavy atom. The van der Waals surface area contributed by atoms with Gasteiger partial charge in [0.05, 0.1) is 24.6 Å². The molecule has 5 atom stereocenters. The van der Waals surface area contributed by atoms with E-state index in [0.29, 0.717) is 36.0 Å². The minimum Gasteiger partial charge on any atom is -0.496 e. The van der Waals surface area contributed by atoms with Gasteiger partial charge in [0.2, 0.25) is 27.7 Å². The Morgan fingerprint density at radius 3 is 2.74 bits per heavy atom. The monoisotopic (exact) mass is 774 g/mol. The Bertz CT molecular complexity index is 2110. The van der Waals surface area contributed by atoms with Crippen LogP contribution in [0.3, 0.4) is 0 Å². The van der Waals surface area contributed by atoms with Crippen molar-refractivity contribution in [1.29, 1.82) is 0 Å². The van der Waals surface area contributed by atoms with Crippen LogP contribution in [0.2, 0.25) is 0 Å². The highest BCUT2D eigenvalue weighted by Crippen LogP contribution is 2.46. The van der Waals surface area contributed by atoms with Gasteiger partial charge in [0.15, 0.2) is 5.13 Å². The standard InChI is InChI=1S/C39H46N6O7S2/c1-3-26-20-39(26,37(48)44-54(49,50)29-13-14-29)43-34(46)31-19-28-21-45(31)36(47)33(23-9-5-4-6-10-23)42-38-41-27(22-53-38)12-8-7-11-25-17-30-24(18-32(25)51-2)15-16-40-35(30)52-28/h3,7,11,15-18,22-23,26,28-29,31,33H,1,4-6,8-10,12-14,19-21H2,2H3,(H,41,42)(H,43,46)(H,44,48)/t26-,28-,31+,33+,39-/m1/s1. The number of methoxy groups -OCH3 is 1. The topological polar surface area (TPSA) is 169 Å². The number of allylic oxidation sites excluding steroid dienone is 1. The smallest absolute Gasteiger partial charge is 0.259 e. The lowest BCUT2D eigenvalue weighted by Crippen LogP contribution is -2.58. The van der Waals surface area contributed by atoms with Crippen molar-refractivity contribution in [3.63, 3.8) is 0 Å². The van der Waals surface area contributed by atoms with E-state index < -0.39 is 56.7 Å². The Hall–Kier alpha value is -4.50. The van der Waals surface area contributed by atoms with E-state index >= 15 is 0 Å². The maximum Gasteiger partial charge on any atom is 0.259 e. The molecule has 15 heteroatoms. The summed E-state index contributed by atoms with van der Waals surface area (Å²) in [7, 11) is -2.23. The van der Waals surface area contributed by atoms with E-state index in [-0.39, 0.29) is 31.2 Å². The lowest BCUT2D eigenvalue weighted by atomic mass is 9.83. The zero-order chi connectivity index (χ0) is 37.6. The van der Waals surface area contributed by atoms with Gasteiger partial charge in [0.1, 0.15) is 29.5 Å². The first-order valence-electron chi connectivity index (χ1n) is 18.9. The highest BCUT2D eigenvalue weighted by molar-refractivity contribution is 7.91. The Balaban J connectivity index is 1.15. The summed E-state index contributed by atoms with van der Waals surface area (Å²) in [5.74, 6) is -0.933. The van der Waals surface area contributed by atoms with Gasteiger partial charge in [0.25, 0.3) is 5.91 Å². The molecule has 0 unspecified atom stereocenters. The molecule has 8 rings (SSSR count). The zero-order valence-electron chi connectivity index (χ0n) is 30.3. The van der Waals surface area contributed by atoms with Crippen molar-refractivity contribution < 1.29 is 32.3 Å². The van der Waals surface area contributed by atoms with E-state index in [0.717, 1.165) is 60.6 Å². The summed E-state index contributed by atoms with van der Waals surface area (Å²) in [6.07, 6.45) is 14.3. The quantitative estimate of drug-likeness (QED) is 0.272. The van der Waals surface area contributed by atoms with Crippen LogP contribution in [-0.4, -0.2) is 83.6 Å². The van der Waals surface area contributed by atoms with Crippen LogP contribution >= 0.6 is 11.3 Å². The van der Waals surface area contributed by atoms with Crippen molar-refractivity contribution in [2.75, 3.05) is 19.0 Å². The van der Waals surface area contributed by atoms with Crippen LogP contribution in [0.4, 0.5) is 5.13 Å². The fourth-order valence-corrected chi connectivity index (χ4v) is 10.4. The minimum absolute atomic E-state index is 0.0299. The van der Waals surface area contributed by atoms with Crippen molar-refractivity contribution >= 4 is 61.1 Å². The summed E-state index contributed by atoms with van der Waals surface area (Å²) < 4.78 is 40.1. The predicted octanol–water partition coefficient (Wildman–Crippen LogP) is 4.74. The van der Waals surface area contributed by atoms with Crippen LogP contribution in [0.1, 0.15) is 75.5 Å². The molecule has 0 spiro atoms. The second-order valence-corrected chi connectivity index (χ2v) is 18.0. The molecule has 3 aromatic rings. The van der Waals surface area contributed by atoms with E-state index in [4.69, 9.17) is 14.5 Å². The SMILES string of the molecule is C=C[C@@H]1C[C@]1(NC(=O)[C@@H]1C[C@@H]2CN1C(=O)[C@H](C1CCCCC1)Nc1nc(cs1)CCC=Cc1cc3c(nccc3cc1OC)O2)C(=O)NS(=O)(=O)C1CC1. The number of benzene rings is 1. The van der Waals surface area contributed by atoms with Gasteiger partial charge >= 0.3 is 0 Å². The molecule has 2 aromatic heterocycles. The molecule has 286 valence electrons. The summed E-state index contributed by atoms with van der Waals surface area (Å²) in [5, 5.41) is 10.1. The highest BCUT2D eigenvalue weighted by atomic mass is 32.2. The van der Waals surface area contributed by atoms with Gasteiger partial charge in [-0.05, 0) is 74.4 Å². The van der Waals surface area contributed by atoms with Gasteiger partial charge in [-0.15, -0.1) is 17.9 Å². The Kier molecular flexibility index (Phi) is 9.88. The Morgan fingerprint density at radius 1 is 1.19 bits per heavy atom. The van der Waals surface area contributed by atoms with Gasteiger partial charge in [-0.3, -0.25) is 19.1 Å².